The zero-order valence-electron chi connectivity index (χ0n) is 15.1. The summed E-state index contributed by atoms with van der Waals surface area (Å²) in [6.07, 6.45) is 5.52. The lowest BCUT2D eigenvalue weighted by molar-refractivity contribution is -0.119. The second kappa shape index (κ2) is 7.80. The molecule has 0 N–H and O–H groups in total. The summed E-state index contributed by atoms with van der Waals surface area (Å²) in [5, 5.41) is 0. The highest BCUT2D eigenvalue weighted by Crippen LogP contribution is 2.25. The average molecular weight is 345 g/mol. The van der Waals surface area contributed by atoms with E-state index in [1.807, 2.05) is 13.0 Å². The monoisotopic (exact) mass is 345 g/mol. The van der Waals surface area contributed by atoms with E-state index in [-0.39, 0.29) is 5.91 Å². The molecule has 1 atom stereocenters. The molecule has 0 saturated carbocycles. The number of aryl methyl sites for hydroxylation is 1. The number of aromatic nitrogens is 2. The number of nitrogens with zero attached hydrogens (tertiary/aromatic N) is 5. The van der Waals surface area contributed by atoms with Crippen LogP contribution in [0.2, 0.25) is 0 Å². The fraction of sp³-hybridized carbons (Fsp3) is 0.667. The van der Waals surface area contributed by atoms with Crippen LogP contribution in [-0.4, -0.2) is 70.9 Å². The molecule has 3 rings (SSSR count). The van der Waals surface area contributed by atoms with E-state index in [1.54, 1.807) is 9.80 Å². The van der Waals surface area contributed by atoms with E-state index in [0.717, 1.165) is 31.6 Å². The zero-order valence-corrected chi connectivity index (χ0v) is 15.1. The lowest BCUT2D eigenvalue weighted by Crippen LogP contribution is -2.48. The molecular weight excluding hydrogens is 318 g/mol. The van der Waals surface area contributed by atoms with Crippen molar-refractivity contribution in [3.05, 3.63) is 17.6 Å². The maximum Gasteiger partial charge on any atom is 0.272 e. The molecule has 7 nitrogen and oxygen atoms in total. The predicted molar refractivity (Wildman–Crippen MR) is 95.6 cm³/mol. The molecule has 2 fully saturated rings. The Morgan fingerprint density at radius 3 is 2.64 bits per heavy atom. The maximum absolute atomic E-state index is 12.8. The van der Waals surface area contributed by atoms with Gasteiger partial charge in [0.2, 0.25) is 6.41 Å². The maximum atomic E-state index is 12.8. The van der Waals surface area contributed by atoms with Crippen LogP contribution in [0.1, 0.15) is 48.9 Å². The minimum Gasteiger partial charge on any atom is -0.354 e. The quantitative estimate of drug-likeness (QED) is 0.773. The van der Waals surface area contributed by atoms with Crippen LogP contribution in [-0.2, 0) is 4.79 Å². The van der Waals surface area contributed by atoms with Gasteiger partial charge in [0.25, 0.3) is 5.91 Å². The Bertz CT molecular complexity index is 628. The molecule has 2 aliphatic rings. The van der Waals surface area contributed by atoms with Crippen LogP contribution >= 0.6 is 0 Å². The molecule has 0 radical (unpaired) electrons. The average Bonchev–Trinajstić information content (AvgIpc) is 2.67. The number of amides is 2. The first-order valence-electron chi connectivity index (χ1n) is 9.23. The molecule has 0 bridgehead atoms. The van der Waals surface area contributed by atoms with Gasteiger partial charge in [0, 0.05) is 44.8 Å². The Morgan fingerprint density at radius 2 is 1.96 bits per heavy atom. The third-order valence-corrected chi connectivity index (χ3v) is 5.19. The lowest BCUT2D eigenvalue weighted by atomic mass is 10.00. The van der Waals surface area contributed by atoms with Crippen LogP contribution in [0.25, 0.3) is 0 Å². The summed E-state index contributed by atoms with van der Waals surface area (Å²) >= 11 is 0. The first kappa shape index (κ1) is 17.6. The summed E-state index contributed by atoms with van der Waals surface area (Å²) in [5.74, 6) is 1.43. The standard InChI is InChI=1S/C18H27N5O2/c1-3-15-6-4-5-7-23(15)17-12-16(19-14(2)20-17)18(25)22-10-8-21(13-24)9-11-22/h12-13,15H,3-11H2,1-2H3. The van der Waals surface area contributed by atoms with E-state index >= 15 is 0 Å². The molecule has 1 aromatic heterocycles. The van der Waals surface area contributed by atoms with E-state index in [1.165, 1.54) is 12.8 Å². The third kappa shape index (κ3) is 3.91. The molecule has 2 aliphatic heterocycles. The van der Waals surface area contributed by atoms with E-state index < -0.39 is 0 Å². The highest BCUT2D eigenvalue weighted by Gasteiger charge is 2.26. The van der Waals surface area contributed by atoms with Gasteiger partial charge >= 0.3 is 0 Å². The van der Waals surface area contributed by atoms with Crippen LogP contribution in [0.4, 0.5) is 5.82 Å². The van der Waals surface area contributed by atoms with Crippen molar-refractivity contribution in [1.82, 2.24) is 19.8 Å². The molecule has 0 aromatic carbocycles. The number of hydrogen-bond donors (Lipinski definition) is 0. The van der Waals surface area contributed by atoms with Crippen LogP contribution < -0.4 is 4.90 Å². The number of piperidine rings is 1. The Balaban J connectivity index is 1.79. The van der Waals surface area contributed by atoms with Gasteiger partial charge in [-0.1, -0.05) is 6.92 Å². The molecule has 1 aromatic rings. The van der Waals surface area contributed by atoms with Crippen LogP contribution in [0, 0.1) is 6.92 Å². The lowest BCUT2D eigenvalue weighted by Gasteiger charge is -2.36. The fourth-order valence-electron chi connectivity index (χ4n) is 3.73. The summed E-state index contributed by atoms with van der Waals surface area (Å²) in [5.41, 5.74) is 0.461. The van der Waals surface area contributed by atoms with Gasteiger partial charge in [-0.2, -0.15) is 0 Å². The minimum atomic E-state index is -0.0673. The van der Waals surface area contributed by atoms with Gasteiger partial charge in [-0.3, -0.25) is 9.59 Å². The summed E-state index contributed by atoms with van der Waals surface area (Å²) in [7, 11) is 0. The topological polar surface area (TPSA) is 69.6 Å². The van der Waals surface area contributed by atoms with Crippen molar-refractivity contribution in [2.75, 3.05) is 37.6 Å². The Kier molecular flexibility index (Phi) is 5.50. The van der Waals surface area contributed by atoms with Crippen LogP contribution in [0.3, 0.4) is 0 Å². The van der Waals surface area contributed by atoms with Gasteiger partial charge in [-0.25, -0.2) is 9.97 Å². The number of carbonyl (C=O) groups excluding carboxylic acids is 2. The fourth-order valence-corrected chi connectivity index (χ4v) is 3.73. The molecule has 0 aliphatic carbocycles. The first-order chi connectivity index (χ1) is 12.1. The predicted octanol–water partition coefficient (Wildman–Crippen LogP) is 1.47. The number of hydrogen-bond acceptors (Lipinski definition) is 5. The number of anilines is 1. The van der Waals surface area contributed by atoms with Gasteiger partial charge in [0.15, 0.2) is 0 Å². The Labute approximate surface area is 149 Å². The van der Waals surface area contributed by atoms with Crippen molar-refractivity contribution in [2.45, 2.75) is 45.6 Å². The third-order valence-electron chi connectivity index (χ3n) is 5.19. The van der Waals surface area contributed by atoms with Crippen molar-refractivity contribution in [2.24, 2.45) is 0 Å². The second-order valence-corrected chi connectivity index (χ2v) is 6.84. The van der Waals surface area contributed by atoms with Crippen molar-refractivity contribution in [1.29, 1.82) is 0 Å². The van der Waals surface area contributed by atoms with Gasteiger partial charge in [0.05, 0.1) is 0 Å². The van der Waals surface area contributed by atoms with Crippen molar-refractivity contribution in [3.8, 4) is 0 Å². The summed E-state index contributed by atoms with van der Waals surface area (Å²) < 4.78 is 0. The highest BCUT2D eigenvalue weighted by atomic mass is 16.2. The zero-order chi connectivity index (χ0) is 17.8. The molecular formula is C18H27N5O2. The Morgan fingerprint density at radius 1 is 1.20 bits per heavy atom. The van der Waals surface area contributed by atoms with E-state index in [4.69, 9.17) is 0 Å². The minimum absolute atomic E-state index is 0.0673. The van der Waals surface area contributed by atoms with Crippen LogP contribution in [0.15, 0.2) is 6.07 Å². The van der Waals surface area contributed by atoms with E-state index in [0.29, 0.717) is 43.7 Å². The van der Waals surface area contributed by atoms with Gasteiger partial charge < -0.3 is 14.7 Å². The number of piperazine rings is 1. The molecule has 25 heavy (non-hydrogen) atoms. The molecule has 2 amide bonds. The SMILES string of the molecule is CCC1CCCCN1c1cc(C(=O)N2CCN(C=O)CC2)nc(C)n1. The van der Waals surface area contributed by atoms with Gasteiger partial charge in [-0.15, -0.1) is 0 Å². The second-order valence-electron chi connectivity index (χ2n) is 6.84. The molecule has 3 heterocycles. The number of carbonyl (C=O) groups is 2. The number of rotatable bonds is 4. The molecule has 0 spiro atoms. The highest BCUT2D eigenvalue weighted by molar-refractivity contribution is 5.93. The summed E-state index contributed by atoms with van der Waals surface area (Å²) in [6.45, 7) is 7.30. The van der Waals surface area contributed by atoms with Gasteiger partial charge in [0.1, 0.15) is 17.3 Å². The smallest absolute Gasteiger partial charge is 0.272 e. The van der Waals surface area contributed by atoms with Crippen LogP contribution in [0.5, 0.6) is 0 Å². The molecule has 2 saturated heterocycles. The van der Waals surface area contributed by atoms with Crippen molar-refractivity contribution in [3.63, 3.8) is 0 Å². The Hall–Kier alpha value is -2.18. The van der Waals surface area contributed by atoms with Crippen molar-refractivity contribution >= 4 is 18.1 Å². The first-order valence-corrected chi connectivity index (χ1v) is 9.23. The summed E-state index contributed by atoms with van der Waals surface area (Å²) in [4.78, 5) is 38.5. The molecule has 1 unspecified atom stereocenters. The van der Waals surface area contributed by atoms with Gasteiger partial charge in [-0.05, 0) is 32.6 Å². The van der Waals surface area contributed by atoms with E-state index in [2.05, 4.69) is 21.8 Å². The molecule has 136 valence electrons. The normalized spacial score (nSPS) is 21.4. The van der Waals surface area contributed by atoms with Crippen molar-refractivity contribution < 1.29 is 9.59 Å². The molecule has 7 heteroatoms. The largest absolute Gasteiger partial charge is 0.354 e. The summed E-state index contributed by atoms with van der Waals surface area (Å²) in [6, 6.07) is 2.33. The van der Waals surface area contributed by atoms with E-state index in [9.17, 15) is 9.59 Å².